The van der Waals surface area contributed by atoms with E-state index in [4.69, 9.17) is 11.5 Å². The molecule has 4 aromatic carbocycles. The van der Waals surface area contributed by atoms with Crippen molar-refractivity contribution in [3.8, 4) is 0 Å². The van der Waals surface area contributed by atoms with Crippen molar-refractivity contribution < 1.29 is 14.0 Å². The molecule has 1 aromatic heterocycles. The molecule has 1 heterocycles. The van der Waals surface area contributed by atoms with Gasteiger partial charge >= 0.3 is 0 Å². The van der Waals surface area contributed by atoms with E-state index in [1.807, 2.05) is 60.3 Å². The topological polar surface area (TPSA) is 128 Å². The molecular formula is C36H33FN6O2. The van der Waals surface area contributed by atoms with Crippen LogP contribution in [0.1, 0.15) is 29.3 Å². The molecule has 6 N–H and O–H groups in total. The molecule has 0 bridgehead atoms. The van der Waals surface area contributed by atoms with Crippen molar-refractivity contribution in [1.82, 2.24) is 9.78 Å². The molecule has 1 atom stereocenters. The lowest BCUT2D eigenvalue weighted by Crippen LogP contribution is -2.38. The third-order valence-electron chi connectivity index (χ3n) is 8.17. The molecular weight excluding hydrogens is 567 g/mol. The highest BCUT2D eigenvalue weighted by atomic mass is 19.1. The van der Waals surface area contributed by atoms with Crippen molar-refractivity contribution in [2.75, 3.05) is 22.1 Å². The lowest BCUT2D eigenvalue weighted by Gasteiger charge is -2.33. The van der Waals surface area contributed by atoms with Crippen molar-refractivity contribution in [2.45, 2.75) is 26.3 Å². The minimum absolute atomic E-state index is 0.218. The van der Waals surface area contributed by atoms with Gasteiger partial charge in [-0.05, 0) is 85.0 Å². The summed E-state index contributed by atoms with van der Waals surface area (Å²) in [7, 11) is 0. The zero-order valence-corrected chi connectivity index (χ0v) is 24.8. The molecule has 0 spiro atoms. The van der Waals surface area contributed by atoms with Crippen molar-refractivity contribution in [3.63, 3.8) is 0 Å². The highest BCUT2D eigenvalue weighted by Crippen LogP contribution is 2.39. The zero-order valence-electron chi connectivity index (χ0n) is 24.8. The average molecular weight is 601 g/mol. The molecule has 1 aliphatic carbocycles. The lowest BCUT2D eigenvalue weighted by atomic mass is 9.72. The van der Waals surface area contributed by atoms with E-state index in [0.717, 1.165) is 27.6 Å². The third kappa shape index (κ3) is 6.33. The number of anilines is 4. The molecule has 0 radical (unpaired) electrons. The summed E-state index contributed by atoms with van der Waals surface area (Å²) in [6.07, 6.45) is 6.80. The van der Waals surface area contributed by atoms with Gasteiger partial charge in [0.2, 0.25) is 5.91 Å². The van der Waals surface area contributed by atoms with Gasteiger partial charge in [-0.2, -0.15) is 5.10 Å². The second kappa shape index (κ2) is 12.1. The summed E-state index contributed by atoms with van der Waals surface area (Å²) in [5.74, 6) is -1.09. The molecule has 45 heavy (non-hydrogen) atoms. The van der Waals surface area contributed by atoms with Gasteiger partial charge in [0.1, 0.15) is 5.82 Å². The smallest absolute Gasteiger partial charge is 0.255 e. The van der Waals surface area contributed by atoms with Crippen molar-refractivity contribution in [3.05, 3.63) is 137 Å². The summed E-state index contributed by atoms with van der Waals surface area (Å²) in [5.41, 5.74) is 16.8. The fraction of sp³-hybridized carbons (Fsp3) is 0.139. The molecule has 226 valence electrons. The molecule has 1 unspecified atom stereocenters. The number of aromatic nitrogens is 2. The van der Waals surface area contributed by atoms with Crippen LogP contribution >= 0.6 is 0 Å². The number of hydrogen-bond donors (Lipinski definition) is 4. The van der Waals surface area contributed by atoms with Gasteiger partial charge in [-0.15, -0.1) is 0 Å². The maximum absolute atomic E-state index is 14.1. The van der Waals surface area contributed by atoms with Crippen LogP contribution in [-0.2, 0) is 17.8 Å². The maximum Gasteiger partial charge on any atom is 0.255 e. The number of nitrogens with one attached hydrogen (secondary N) is 2. The standard InChI is InChI=1S/C36H33FN6O2/c1-23-19-36(35(45)41-33-18-28(37)14-15-30(33)39,17-16-26(23)21-43-22-27-6-2-4-8-31(27)42-43)20-24-10-12-25(13-11-24)34(44)40-32-9-5-3-7-29(32)38/h2-16,18-19,22H,17,20-21,38-39H2,1H3,(H,40,44)(H,41,45). The summed E-state index contributed by atoms with van der Waals surface area (Å²) in [6, 6.07) is 26.0. The number of nitrogens with two attached hydrogens (primary N) is 2. The molecule has 0 aliphatic heterocycles. The maximum atomic E-state index is 14.1. The van der Waals surface area contributed by atoms with E-state index < -0.39 is 11.2 Å². The number of rotatable bonds is 8. The summed E-state index contributed by atoms with van der Waals surface area (Å²) in [5, 5.41) is 11.5. The Morgan fingerprint density at radius 2 is 1.64 bits per heavy atom. The molecule has 6 rings (SSSR count). The monoisotopic (exact) mass is 600 g/mol. The Morgan fingerprint density at radius 3 is 2.40 bits per heavy atom. The van der Waals surface area contributed by atoms with E-state index in [1.165, 1.54) is 18.2 Å². The predicted molar refractivity (Wildman–Crippen MR) is 177 cm³/mol. The molecule has 0 saturated heterocycles. The first-order chi connectivity index (χ1) is 21.7. The number of allylic oxidation sites excluding steroid dienone is 3. The number of halogens is 1. The third-order valence-corrected chi connectivity index (χ3v) is 8.17. The van der Waals surface area contributed by atoms with Crippen LogP contribution < -0.4 is 22.1 Å². The number of carbonyl (C=O) groups excluding carboxylic acids is 2. The summed E-state index contributed by atoms with van der Waals surface area (Å²) in [4.78, 5) is 26.9. The van der Waals surface area contributed by atoms with Gasteiger partial charge in [-0.3, -0.25) is 14.3 Å². The van der Waals surface area contributed by atoms with E-state index in [0.29, 0.717) is 36.3 Å². The highest BCUT2D eigenvalue weighted by Gasteiger charge is 2.38. The Bertz CT molecular complexity index is 1940. The van der Waals surface area contributed by atoms with Gasteiger partial charge in [0.05, 0.1) is 40.2 Å². The first-order valence-electron chi connectivity index (χ1n) is 14.6. The highest BCUT2D eigenvalue weighted by molar-refractivity contribution is 6.05. The van der Waals surface area contributed by atoms with Gasteiger partial charge in [-0.1, -0.05) is 54.6 Å². The Hall–Kier alpha value is -5.70. The van der Waals surface area contributed by atoms with Crippen LogP contribution in [0.5, 0.6) is 0 Å². The minimum Gasteiger partial charge on any atom is -0.397 e. The van der Waals surface area contributed by atoms with E-state index in [1.54, 1.807) is 36.4 Å². The largest absolute Gasteiger partial charge is 0.397 e. The van der Waals surface area contributed by atoms with Gasteiger partial charge in [0.25, 0.3) is 5.91 Å². The molecule has 2 amide bonds. The number of nitrogens with zero attached hydrogens (tertiary/aromatic N) is 2. The number of para-hydroxylation sites is 2. The van der Waals surface area contributed by atoms with Crippen LogP contribution in [0.4, 0.5) is 27.1 Å². The van der Waals surface area contributed by atoms with Crippen LogP contribution in [-0.4, -0.2) is 21.6 Å². The minimum atomic E-state index is -0.997. The summed E-state index contributed by atoms with van der Waals surface area (Å²) >= 11 is 0. The van der Waals surface area contributed by atoms with Crippen LogP contribution in [0.25, 0.3) is 10.9 Å². The number of benzene rings is 4. The molecule has 5 aromatic rings. The predicted octanol–water partition coefficient (Wildman–Crippen LogP) is 6.74. The van der Waals surface area contributed by atoms with Gasteiger partial charge < -0.3 is 22.1 Å². The number of carbonyl (C=O) groups is 2. The molecule has 1 aliphatic rings. The Morgan fingerprint density at radius 1 is 0.911 bits per heavy atom. The Balaban J connectivity index is 1.26. The Kier molecular flexibility index (Phi) is 7.91. The van der Waals surface area contributed by atoms with E-state index in [9.17, 15) is 14.0 Å². The summed E-state index contributed by atoms with van der Waals surface area (Å²) < 4.78 is 16.0. The average Bonchev–Trinajstić information content (AvgIpc) is 3.44. The fourth-order valence-corrected chi connectivity index (χ4v) is 5.68. The normalized spacial score (nSPS) is 16.1. The van der Waals surface area contributed by atoms with E-state index in [-0.39, 0.29) is 23.2 Å². The van der Waals surface area contributed by atoms with Gasteiger partial charge in [0.15, 0.2) is 0 Å². The second-order valence-corrected chi connectivity index (χ2v) is 11.4. The second-order valence-electron chi connectivity index (χ2n) is 11.4. The van der Waals surface area contributed by atoms with Crippen LogP contribution in [0, 0.1) is 11.2 Å². The van der Waals surface area contributed by atoms with Crippen molar-refractivity contribution in [2.24, 2.45) is 5.41 Å². The first kappa shape index (κ1) is 29.4. The van der Waals surface area contributed by atoms with Crippen molar-refractivity contribution in [1.29, 1.82) is 0 Å². The number of amides is 2. The number of nitrogen functional groups attached to an aromatic ring is 2. The Labute approximate surface area is 260 Å². The van der Waals surface area contributed by atoms with Gasteiger partial charge in [-0.25, -0.2) is 4.39 Å². The first-order valence-corrected chi connectivity index (χ1v) is 14.6. The van der Waals surface area contributed by atoms with Crippen molar-refractivity contribution >= 4 is 45.5 Å². The molecule has 9 heteroatoms. The lowest BCUT2D eigenvalue weighted by molar-refractivity contribution is -0.123. The van der Waals surface area contributed by atoms with Crippen LogP contribution in [0.2, 0.25) is 0 Å². The van der Waals surface area contributed by atoms with Crippen LogP contribution in [0.15, 0.2) is 120 Å². The molecule has 8 nitrogen and oxygen atoms in total. The van der Waals surface area contributed by atoms with Gasteiger partial charge in [0, 0.05) is 17.1 Å². The molecule has 0 fully saturated rings. The zero-order chi connectivity index (χ0) is 31.6. The number of hydrogen-bond acceptors (Lipinski definition) is 5. The number of fused-ring (bicyclic) bond motifs is 1. The quantitative estimate of drug-likeness (QED) is 0.147. The van der Waals surface area contributed by atoms with E-state index >= 15 is 0 Å². The SMILES string of the molecule is CC1=CC(Cc2ccc(C(=O)Nc3ccccc3N)cc2)(C(=O)Nc2cc(F)ccc2N)CC=C1Cn1cc2ccccc2n1. The van der Waals surface area contributed by atoms with Crippen LogP contribution in [0.3, 0.4) is 0 Å². The van der Waals surface area contributed by atoms with E-state index in [2.05, 4.69) is 21.8 Å². The summed E-state index contributed by atoms with van der Waals surface area (Å²) in [6.45, 7) is 2.54. The molecule has 0 saturated carbocycles. The fourth-order valence-electron chi connectivity index (χ4n) is 5.68.